The number of carbonyl (C=O) groups is 1. The lowest BCUT2D eigenvalue weighted by atomic mass is 10.2. The summed E-state index contributed by atoms with van der Waals surface area (Å²) in [5.41, 5.74) is 6.77. The van der Waals surface area contributed by atoms with E-state index in [1.165, 1.54) is 0 Å². The van der Waals surface area contributed by atoms with Crippen LogP contribution in [0.4, 0.5) is 0 Å². The predicted molar refractivity (Wildman–Crippen MR) is 72.2 cm³/mol. The van der Waals surface area contributed by atoms with Crippen molar-refractivity contribution in [3.8, 4) is 0 Å². The normalized spacial score (nSPS) is 12.1. The van der Waals surface area contributed by atoms with Gasteiger partial charge in [-0.2, -0.15) is 0 Å². The summed E-state index contributed by atoms with van der Waals surface area (Å²) in [7, 11) is 0. The van der Waals surface area contributed by atoms with E-state index in [9.17, 15) is 4.79 Å². The van der Waals surface area contributed by atoms with Gasteiger partial charge in [0.15, 0.2) is 0 Å². The van der Waals surface area contributed by atoms with Crippen LogP contribution in [0.3, 0.4) is 0 Å². The van der Waals surface area contributed by atoms with E-state index in [1.807, 2.05) is 47.8 Å². The topological polar surface area (TPSA) is 52.3 Å². The molecule has 0 spiro atoms. The van der Waals surface area contributed by atoms with Gasteiger partial charge < -0.3 is 10.5 Å². The third-order valence-electron chi connectivity index (χ3n) is 2.53. The van der Waals surface area contributed by atoms with Crippen molar-refractivity contribution in [2.24, 2.45) is 5.73 Å². The van der Waals surface area contributed by atoms with Crippen LogP contribution in [0.25, 0.3) is 0 Å². The van der Waals surface area contributed by atoms with Crippen LogP contribution in [0.5, 0.6) is 0 Å². The third kappa shape index (κ3) is 3.68. The SMILES string of the molecule is N[C@H](Cc1cccs1)C(=O)OCc1ccccc1. The Labute approximate surface area is 110 Å². The molecular weight excluding hydrogens is 246 g/mol. The maximum Gasteiger partial charge on any atom is 0.323 e. The van der Waals surface area contributed by atoms with Gasteiger partial charge in [0.2, 0.25) is 0 Å². The van der Waals surface area contributed by atoms with Gasteiger partial charge in [-0.25, -0.2) is 0 Å². The van der Waals surface area contributed by atoms with Crippen LogP contribution < -0.4 is 5.73 Å². The van der Waals surface area contributed by atoms with Gasteiger partial charge in [0, 0.05) is 11.3 Å². The molecule has 0 aliphatic heterocycles. The van der Waals surface area contributed by atoms with Gasteiger partial charge in [-0.15, -0.1) is 11.3 Å². The maximum atomic E-state index is 11.7. The number of ether oxygens (including phenoxy) is 1. The summed E-state index contributed by atoms with van der Waals surface area (Å²) in [6.07, 6.45) is 0.533. The molecule has 0 unspecified atom stereocenters. The number of carbonyl (C=O) groups excluding carboxylic acids is 1. The minimum Gasteiger partial charge on any atom is -0.460 e. The van der Waals surface area contributed by atoms with Crippen molar-refractivity contribution in [1.82, 2.24) is 0 Å². The van der Waals surface area contributed by atoms with Crippen LogP contribution in [-0.4, -0.2) is 12.0 Å². The van der Waals surface area contributed by atoms with Gasteiger partial charge in [-0.3, -0.25) is 4.79 Å². The molecule has 0 fully saturated rings. The summed E-state index contributed by atoms with van der Waals surface area (Å²) in [6, 6.07) is 12.9. The van der Waals surface area contributed by atoms with Crippen LogP contribution in [0.2, 0.25) is 0 Å². The number of nitrogens with two attached hydrogens (primary N) is 1. The van der Waals surface area contributed by atoms with E-state index in [4.69, 9.17) is 10.5 Å². The van der Waals surface area contributed by atoms with E-state index < -0.39 is 6.04 Å². The van der Waals surface area contributed by atoms with Crippen LogP contribution in [0.15, 0.2) is 47.8 Å². The minimum absolute atomic E-state index is 0.276. The third-order valence-corrected chi connectivity index (χ3v) is 3.43. The second-order valence-corrected chi connectivity index (χ2v) is 5.02. The van der Waals surface area contributed by atoms with Crippen molar-refractivity contribution in [2.75, 3.05) is 0 Å². The molecule has 0 bridgehead atoms. The minimum atomic E-state index is -0.590. The Morgan fingerprint density at radius 2 is 2.00 bits per heavy atom. The Kier molecular flexibility index (Phi) is 4.50. The Balaban J connectivity index is 1.81. The first-order valence-electron chi connectivity index (χ1n) is 5.74. The summed E-state index contributed by atoms with van der Waals surface area (Å²) >= 11 is 1.60. The first-order valence-corrected chi connectivity index (χ1v) is 6.62. The lowest BCUT2D eigenvalue weighted by molar-refractivity contribution is -0.146. The van der Waals surface area contributed by atoms with Crippen molar-refractivity contribution in [2.45, 2.75) is 19.1 Å². The molecule has 2 N–H and O–H groups in total. The lowest BCUT2D eigenvalue weighted by Gasteiger charge is -2.10. The van der Waals surface area contributed by atoms with Crippen LogP contribution >= 0.6 is 11.3 Å². The molecule has 1 aromatic carbocycles. The van der Waals surface area contributed by atoms with Gasteiger partial charge in [0.25, 0.3) is 0 Å². The number of hydrogen-bond acceptors (Lipinski definition) is 4. The quantitative estimate of drug-likeness (QED) is 0.841. The zero-order chi connectivity index (χ0) is 12.8. The van der Waals surface area contributed by atoms with Gasteiger partial charge in [-0.05, 0) is 17.0 Å². The first kappa shape index (κ1) is 12.8. The molecule has 1 heterocycles. The molecule has 94 valence electrons. The molecule has 0 aliphatic rings. The van der Waals surface area contributed by atoms with Crippen molar-refractivity contribution < 1.29 is 9.53 Å². The highest BCUT2D eigenvalue weighted by molar-refractivity contribution is 7.09. The number of thiophene rings is 1. The first-order chi connectivity index (χ1) is 8.75. The zero-order valence-corrected chi connectivity index (χ0v) is 10.7. The Bertz CT molecular complexity index is 482. The van der Waals surface area contributed by atoms with E-state index in [0.717, 1.165) is 10.4 Å². The standard InChI is InChI=1S/C14H15NO2S/c15-13(9-12-7-4-8-18-12)14(16)17-10-11-5-2-1-3-6-11/h1-8,13H,9-10,15H2/t13-/m1/s1. The number of esters is 1. The van der Waals surface area contributed by atoms with Crippen molar-refractivity contribution in [3.63, 3.8) is 0 Å². The number of rotatable bonds is 5. The average molecular weight is 261 g/mol. The van der Waals surface area contributed by atoms with Gasteiger partial charge >= 0.3 is 5.97 Å². The molecule has 2 rings (SSSR count). The Morgan fingerprint density at radius 3 is 2.67 bits per heavy atom. The van der Waals surface area contributed by atoms with E-state index >= 15 is 0 Å². The summed E-state index contributed by atoms with van der Waals surface area (Å²) in [5, 5.41) is 1.97. The van der Waals surface area contributed by atoms with E-state index in [-0.39, 0.29) is 12.6 Å². The van der Waals surface area contributed by atoms with E-state index in [0.29, 0.717) is 6.42 Å². The molecule has 0 amide bonds. The molecule has 2 aromatic rings. The molecule has 0 saturated carbocycles. The fourth-order valence-electron chi connectivity index (χ4n) is 1.56. The second-order valence-electron chi connectivity index (χ2n) is 3.98. The van der Waals surface area contributed by atoms with Gasteiger partial charge in [0.05, 0.1) is 0 Å². The Hall–Kier alpha value is -1.65. The molecule has 0 saturated heterocycles. The highest BCUT2D eigenvalue weighted by Gasteiger charge is 2.16. The molecule has 0 aliphatic carbocycles. The maximum absolute atomic E-state index is 11.7. The molecule has 3 nitrogen and oxygen atoms in total. The predicted octanol–water partition coefficient (Wildman–Crippen LogP) is 2.36. The van der Waals surface area contributed by atoms with Crippen molar-refractivity contribution in [1.29, 1.82) is 0 Å². The largest absolute Gasteiger partial charge is 0.460 e. The number of benzene rings is 1. The van der Waals surface area contributed by atoms with Crippen LogP contribution in [-0.2, 0) is 22.6 Å². The highest BCUT2D eigenvalue weighted by atomic mass is 32.1. The van der Waals surface area contributed by atoms with E-state index in [1.54, 1.807) is 11.3 Å². The summed E-state index contributed by atoms with van der Waals surface area (Å²) in [4.78, 5) is 12.8. The zero-order valence-electron chi connectivity index (χ0n) is 9.91. The monoisotopic (exact) mass is 261 g/mol. The fraction of sp³-hybridized carbons (Fsp3) is 0.214. The fourth-order valence-corrected chi connectivity index (χ4v) is 2.33. The molecule has 1 atom stereocenters. The molecule has 0 radical (unpaired) electrons. The molecule has 4 heteroatoms. The smallest absolute Gasteiger partial charge is 0.323 e. The average Bonchev–Trinajstić information content (AvgIpc) is 2.90. The van der Waals surface area contributed by atoms with Crippen molar-refractivity contribution in [3.05, 3.63) is 58.3 Å². The summed E-state index contributed by atoms with van der Waals surface area (Å²) in [5.74, 6) is -0.354. The molecule has 18 heavy (non-hydrogen) atoms. The summed E-state index contributed by atoms with van der Waals surface area (Å²) in [6.45, 7) is 0.276. The van der Waals surface area contributed by atoms with E-state index in [2.05, 4.69) is 0 Å². The Morgan fingerprint density at radius 1 is 1.22 bits per heavy atom. The lowest BCUT2D eigenvalue weighted by Crippen LogP contribution is -2.34. The highest BCUT2D eigenvalue weighted by Crippen LogP contribution is 2.11. The van der Waals surface area contributed by atoms with Crippen molar-refractivity contribution >= 4 is 17.3 Å². The van der Waals surface area contributed by atoms with Gasteiger partial charge in [-0.1, -0.05) is 36.4 Å². The second kappa shape index (κ2) is 6.33. The number of hydrogen-bond donors (Lipinski definition) is 1. The summed E-state index contributed by atoms with van der Waals surface area (Å²) < 4.78 is 5.18. The van der Waals surface area contributed by atoms with Crippen LogP contribution in [0, 0.1) is 0 Å². The molecule has 1 aromatic heterocycles. The van der Waals surface area contributed by atoms with Crippen LogP contribution in [0.1, 0.15) is 10.4 Å². The van der Waals surface area contributed by atoms with Gasteiger partial charge in [0.1, 0.15) is 12.6 Å². The molecular formula is C14H15NO2S.